The minimum Gasteiger partial charge on any atom is -0.496 e. The molecule has 148 valence electrons. The molecule has 0 aliphatic carbocycles. The van der Waals surface area contributed by atoms with Crippen molar-refractivity contribution >= 4 is 38.6 Å². The fourth-order valence-corrected chi connectivity index (χ4v) is 3.30. The Morgan fingerprint density at radius 2 is 1.69 bits per heavy atom. The van der Waals surface area contributed by atoms with Gasteiger partial charge in [-0.1, -0.05) is 0 Å². The Morgan fingerprint density at radius 3 is 2.08 bits per heavy atom. The van der Waals surface area contributed by atoms with Gasteiger partial charge in [-0.2, -0.15) is 34.8 Å². The van der Waals surface area contributed by atoms with Gasteiger partial charge in [0.15, 0.2) is 0 Å². The van der Waals surface area contributed by atoms with Gasteiger partial charge < -0.3 is 10.1 Å². The van der Waals surface area contributed by atoms with Crippen molar-refractivity contribution < 1.29 is 48.8 Å². The van der Waals surface area contributed by atoms with Crippen LogP contribution in [0.1, 0.15) is 10.4 Å². The molecule has 6 nitrogen and oxygen atoms in total. The van der Waals surface area contributed by atoms with Crippen molar-refractivity contribution in [1.29, 1.82) is 0 Å². The zero-order valence-corrected chi connectivity index (χ0v) is 15.5. The number of amides is 1. The summed E-state index contributed by atoms with van der Waals surface area (Å²) in [5.74, 6) is -5.07. The second kappa shape index (κ2) is 7.38. The van der Waals surface area contributed by atoms with Crippen LogP contribution < -0.4 is 10.1 Å². The topological polar surface area (TPSA) is 92.7 Å². The van der Waals surface area contributed by atoms with E-state index in [-0.39, 0.29) is 5.75 Å². The van der Waals surface area contributed by atoms with Gasteiger partial charge in [-0.3, -0.25) is 9.35 Å². The molecule has 1 aromatic rings. The highest BCUT2D eigenvalue weighted by atomic mass is 127. The van der Waals surface area contributed by atoms with Gasteiger partial charge in [0.2, 0.25) is 5.54 Å². The summed E-state index contributed by atoms with van der Waals surface area (Å²) >= 11 is 1.76. The van der Waals surface area contributed by atoms with Crippen LogP contribution in [0.3, 0.4) is 0 Å². The molecule has 14 heteroatoms. The predicted octanol–water partition coefficient (Wildman–Crippen LogP) is 2.78. The van der Waals surface area contributed by atoms with E-state index in [0.717, 1.165) is 13.2 Å². The summed E-state index contributed by atoms with van der Waals surface area (Å²) in [6, 6.07) is 3.28. The smallest absolute Gasteiger partial charge is 0.421 e. The zero-order chi connectivity index (χ0) is 20.6. The molecule has 0 aliphatic rings. The number of ether oxygens (including phenoxy) is 1. The number of hydrogen-bond acceptors (Lipinski definition) is 4. The van der Waals surface area contributed by atoms with Crippen LogP contribution in [0.15, 0.2) is 18.2 Å². The molecule has 1 rings (SSSR count). The highest BCUT2D eigenvalue weighted by Crippen LogP contribution is 2.44. The first-order valence-electron chi connectivity index (χ1n) is 6.29. The maximum absolute atomic E-state index is 13.2. The van der Waals surface area contributed by atoms with Crippen molar-refractivity contribution in [3.63, 3.8) is 0 Å². The van der Waals surface area contributed by atoms with Gasteiger partial charge in [-0.15, -0.1) is 0 Å². The molecular weight excluding hydrogens is 511 g/mol. The lowest BCUT2D eigenvalue weighted by Gasteiger charge is -2.36. The van der Waals surface area contributed by atoms with E-state index in [2.05, 4.69) is 0 Å². The zero-order valence-electron chi connectivity index (χ0n) is 12.6. The molecule has 1 amide bonds. The van der Waals surface area contributed by atoms with E-state index in [1.165, 1.54) is 12.1 Å². The lowest BCUT2D eigenvalue weighted by atomic mass is 9.99. The van der Waals surface area contributed by atoms with E-state index >= 15 is 0 Å². The van der Waals surface area contributed by atoms with Crippen LogP contribution in [-0.2, 0) is 10.1 Å². The quantitative estimate of drug-likeness (QED) is 0.354. The Bertz CT molecular complexity index is 778. The van der Waals surface area contributed by atoms with Crippen molar-refractivity contribution in [2.24, 2.45) is 0 Å². The molecule has 0 radical (unpaired) electrons. The second-order valence-electron chi connectivity index (χ2n) is 4.93. The molecule has 0 saturated carbocycles. The molecule has 0 atom stereocenters. The van der Waals surface area contributed by atoms with Gasteiger partial charge in [-0.25, -0.2) is 0 Å². The van der Waals surface area contributed by atoms with Gasteiger partial charge in [0.1, 0.15) is 11.5 Å². The third-order valence-corrected chi connectivity index (χ3v) is 4.57. The molecule has 2 N–H and O–H groups in total. The first-order chi connectivity index (χ1) is 11.5. The van der Waals surface area contributed by atoms with E-state index in [1.54, 1.807) is 22.6 Å². The Hall–Kier alpha value is -1.29. The van der Waals surface area contributed by atoms with Crippen molar-refractivity contribution in [2.75, 3.05) is 12.9 Å². The third-order valence-electron chi connectivity index (χ3n) is 3.10. The standard InChI is InChI=1S/C12H10F6INO5S/c1-25-8-4-6(19)2-3-7(8)9(21)20-10(11(13,14)15,12(16,17)18)5-26(22,23)24/h2-4H,5H2,1H3,(H,20,21)(H,22,23,24). The molecule has 0 heterocycles. The summed E-state index contributed by atoms with van der Waals surface area (Å²) < 4.78 is 114. The van der Waals surface area contributed by atoms with Crippen LogP contribution in [0.25, 0.3) is 0 Å². The highest BCUT2D eigenvalue weighted by Gasteiger charge is 2.73. The average molecular weight is 521 g/mol. The normalized spacial score (nSPS) is 13.4. The minimum absolute atomic E-state index is 0.334. The van der Waals surface area contributed by atoms with E-state index in [9.17, 15) is 39.6 Å². The Balaban J connectivity index is 3.53. The molecule has 0 fully saturated rings. The Morgan fingerprint density at radius 1 is 1.19 bits per heavy atom. The fraction of sp³-hybridized carbons (Fsp3) is 0.417. The molecular formula is C12H10F6INO5S. The maximum atomic E-state index is 13.2. The summed E-state index contributed by atoms with van der Waals surface area (Å²) in [6.07, 6.45) is -12.6. The summed E-state index contributed by atoms with van der Waals surface area (Å²) in [5.41, 5.74) is -5.92. The predicted molar refractivity (Wildman–Crippen MR) is 84.4 cm³/mol. The highest BCUT2D eigenvalue weighted by molar-refractivity contribution is 14.1. The number of hydrogen-bond donors (Lipinski definition) is 2. The number of carbonyl (C=O) groups excluding carboxylic acids is 1. The van der Waals surface area contributed by atoms with Crippen molar-refractivity contribution in [3.05, 3.63) is 27.3 Å². The van der Waals surface area contributed by atoms with E-state index in [4.69, 9.17) is 9.29 Å². The van der Waals surface area contributed by atoms with Crippen LogP contribution >= 0.6 is 22.6 Å². The van der Waals surface area contributed by atoms with Crippen molar-refractivity contribution in [3.8, 4) is 5.75 Å². The summed E-state index contributed by atoms with van der Waals surface area (Å²) in [7, 11) is -4.76. The SMILES string of the molecule is COc1cc(I)ccc1C(=O)NC(CS(=O)(=O)O)(C(F)(F)F)C(F)(F)F. The van der Waals surface area contributed by atoms with Gasteiger partial charge in [-0.05, 0) is 40.8 Å². The number of nitrogens with one attached hydrogen (secondary N) is 1. The number of halogens is 7. The molecule has 0 aromatic heterocycles. The molecule has 0 bridgehead atoms. The summed E-state index contributed by atoms with van der Waals surface area (Å²) in [5, 5.41) is 0.667. The molecule has 0 saturated heterocycles. The summed E-state index contributed by atoms with van der Waals surface area (Å²) in [6.45, 7) is 0. The first kappa shape index (κ1) is 22.8. The van der Waals surface area contributed by atoms with E-state index in [1.807, 2.05) is 0 Å². The number of carbonyl (C=O) groups is 1. The van der Waals surface area contributed by atoms with Crippen molar-refractivity contribution in [2.45, 2.75) is 17.9 Å². The number of benzene rings is 1. The monoisotopic (exact) mass is 521 g/mol. The lowest BCUT2D eigenvalue weighted by molar-refractivity contribution is -0.296. The number of alkyl halides is 6. The minimum atomic E-state index is -6.28. The van der Waals surface area contributed by atoms with Crippen LogP contribution in [0, 0.1) is 3.57 Å². The molecule has 26 heavy (non-hydrogen) atoms. The number of methoxy groups -OCH3 is 1. The molecule has 0 aliphatic heterocycles. The van der Waals surface area contributed by atoms with Crippen LogP contribution in [0.4, 0.5) is 26.3 Å². The van der Waals surface area contributed by atoms with Crippen LogP contribution in [0.5, 0.6) is 5.75 Å². The van der Waals surface area contributed by atoms with Gasteiger partial charge in [0, 0.05) is 3.57 Å². The van der Waals surface area contributed by atoms with Gasteiger partial charge in [0.25, 0.3) is 16.0 Å². The molecule has 0 spiro atoms. The third kappa shape index (κ3) is 4.91. The largest absolute Gasteiger partial charge is 0.496 e. The van der Waals surface area contributed by atoms with E-state index in [0.29, 0.717) is 8.89 Å². The summed E-state index contributed by atoms with van der Waals surface area (Å²) in [4.78, 5) is 12.1. The molecule has 1 aromatic carbocycles. The molecule has 0 unspecified atom stereocenters. The Kier molecular flexibility index (Phi) is 6.46. The van der Waals surface area contributed by atoms with Crippen molar-refractivity contribution in [1.82, 2.24) is 5.32 Å². The Labute approximate surface area is 156 Å². The van der Waals surface area contributed by atoms with Crippen LogP contribution in [-0.4, -0.2) is 49.6 Å². The van der Waals surface area contributed by atoms with Gasteiger partial charge >= 0.3 is 12.4 Å². The fourth-order valence-electron chi connectivity index (χ4n) is 1.89. The van der Waals surface area contributed by atoms with Gasteiger partial charge in [0.05, 0.1) is 12.7 Å². The van der Waals surface area contributed by atoms with E-state index < -0.39 is 45.2 Å². The number of rotatable bonds is 5. The first-order valence-corrected chi connectivity index (χ1v) is 8.97. The van der Waals surface area contributed by atoms with Crippen LogP contribution in [0.2, 0.25) is 0 Å². The second-order valence-corrected chi connectivity index (χ2v) is 7.62. The average Bonchev–Trinajstić information content (AvgIpc) is 2.42. The maximum Gasteiger partial charge on any atom is 0.421 e. The lowest BCUT2D eigenvalue weighted by Crippen LogP contribution is -2.70.